The highest BCUT2D eigenvalue weighted by Gasteiger charge is 2.44. The van der Waals surface area contributed by atoms with Gasteiger partial charge in [-0.2, -0.15) is 0 Å². The summed E-state index contributed by atoms with van der Waals surface area (Å²) in [7, 11) is 0. The third-order valence-electron chi connectivity index (χ3n) is 9.03. The SMILES string of the molecule is CC1CCC2CCCCC2C1CC1C(C)CCC2CCCCC21. The maximum absolute atomic E-state index is 2.61. The van der Waals surface area contributed by atoms with Crippen LogP contribution in [0.2, 0.25) is 0 Å². The largest absolute Gasteiger partial charge is 0.0622 e. The van der Waals surface area contributed by atoms with E-state index in [-0.39, 0.29) is 0 Å². The average molecular weight is 317 g/mol. The third kappa shape index (κ3) is 3.25. The molecule has 4 aliphatic rings. The summed E-state index contributed by atoms with van der Waals surface area (Å²) in [6, 6.07) is 0. The third-order valence-corrected chi connectivity index (χ3v) is 9.03. The summed E-state index contributed by atoms with van der Waals surface area (Å²) < 4.78 is 0. The standard InChI is InChI=1S/C23H40/c1-16-11-13-18-7-3-5-9-20(18)22(16)15-23-17(2)12-14-19-8-4-6-10-21(19)23/h16-23H,3-15H2,1-2H3. The van der Waals surface area contributed by atoms with Gasteiger partial charge in [-0.1, -0.05) is 65.2 Å². The first-order chi connectivity index (χ1) is 11.2. The van der Waals surface area contributed by atoms with Crippen LogP contribution in [0.3, 0.4) is 0 Å². The van der Waals surface area contributed by atoms with Gasteiger partial charge in [-0.05, 0) is 79.4 Å². The average Bonchev–Trinajstić information content (AvgIpc) is 2.59. The van der Waals surface area contributed by atoms with Crippen molar-refractivity contribution < 1.29 is 0 Å². The van der Waals surface area contributed by atoms with Crippen LogP contribution in [0.25, 0.3) is 0 Å². The highest BCUT2D eigenvalue weighted by Crippen LogP contribution is 2.53. The molecule has 23 heavy (non-hydrogen) atoms. The number of hydrogen-bond donors (Lipinski definition) is 0. The van der Waals surface area contributed by atoms with Gasteiger partial charge in [0.2, 0.25) is 0 Å². The van der Waals surface area contributed by atoms with Crippen LogP contribution in [-0.4, -0.2) is 0 Å². The van der Waals surface area contributed by atoms with E-state index in [9.17, 15) is 0 Å². The van der Waals surface area contributed by atoms with E-state index in [1.54, 1.807) is 57.8 Å². The Morgan fingerprint density at radius 1 is 0.522 bits per heavy atom. The lowest BCUT2D eigenvalue weighted by Gasteiger charge is -2.50. The second-order valence-corrected chi connectivity index (χ2v) is 10.1. The maximum atomic E-state index is 2.61. The Labute approximate surface area is 145 Å². The zero-order chi connectivity index (χ0) is 15.8. The highest BCUT2D eigenvalue weighted by molar-refractivity contribution is 4.94. The monoisotopic (exact) mass is 316 g/mol. The number of rotatable bonds is 2. The van der Waals surface area contributed by atoms with Crippen molar-refractivity contribution in [3.05, 3.63) is 0 Å². The van der Waals surface area contributed by atoms with Crippen LogP contribution in [0.5, 0.6) is 0 Å². The van der Waals surface area contributed by atoms with E-state index >= 15 is 0 Å². The maximum Gasteiger partial charge on any atom is -0.0355 e. The minimum atomic E-state index is 1.02. The van der Waals surface area contributed by atoms with Gasteiger partial charge in [-0.25, -0.2) is 0 Å². The van der Waals surface area contributed by atoms with E-state index in [4.69, 9.17) is 0 Å². The fraction of sp³-hybridized carbons (Fsp3) is 1.00. The molecule has 132 valence electrons. The molecule has 4 fully saturated rings. The smallest absolute Gasteiger partial charge is 0.0355 e. The predicted octanol–water partition coefficient (Wildman–Crippen LogP) is 7.08. The van der Waals surface area contributed by atoms with E-state index in [0.717, 1.165) is 47.3 Å². The van der Waals surface area contributed by atoms with Crippen LogP contribution in [0.1, 0.15) is 97.3 Å². The topological polar surface area (TPSA) is 0 Å². The quantitative estimate of drug-likeness (QED) is 0.510. The molecule has 0 saturated heterocycles. The summed E-state index contributed by atoms with van der Waals surface area (Å²) in [6.45, 7) is 5.22. The van der Waals surface area contributed by atoms with Crippen LogP contribution in [0.4, 0.5) is 0 Å². The fourth-order valence-corrected chi connectivity index (χ4v) is 7.67. The molecule has 0 aromatic heterocycles. The van der Waals surface area contributed by atoms with Gasteiger partial charge in [0.05, 0.1) is 0 Å². The van der Waals surface area contributed by atoms with E-state index in [0.29, 0.717) is 0 Å². The Hall–Kier alpha value is 0. The van der Waals surface area contributed by atoms with Crippen molar-refractivity contribution >= 4 is 0 Å². The Kier molecular flexibility index (Phi) is 5.07. The lowest BCUT2D eigenvalue weighted by atomic mass is 9.55. The molecule has 0 radical (unpaired) electrons. The molecule has 0 heteroatoms. The Balaban J connectivity index is 1.49. The minimum Gasteiger partial charge on any atom is -0.0622 e. The van der Waals surface area contributed by atoms with Gasteiger partial charge in [0.25, 0.3) is 0 Å². The van der Waals surface area contributed by atoms with Crippen molar-refractivity contribution in [1.29, 1.82) is 0 Å². The molecule has 0 N–H and O–H groups in total. The summed E-state index contributed by atoms with van der Waals surface area (Å²) in [6.07, 6.45) is 20.3. The Bertz CT molecular complexity index is 349. The van der Waals surface area contributed by atoms with E-state index in [2.05, 4.69) is 13.8 Å². The number of fused-ring (bicyclic) bond motifs is 2. The fourth-order valence-electron chi connectivity index (χ4n) is 7.67. The summed E-state index contributed by atoms with van der Waals surface area (Å²) in [5.41, 5.74) is 0. The van der Waals surface area contributed by atoms with E-state index < -0.39 is 0 Å². The normalized spacial score (nSPS) is 50.9. The van der Waals surface area contributed by atoms with Crippen LogP contribution in [0, 0.1) is 47.3 Å². The molecular weight excluding hydrogens is 276 g/mol. The van der Waals surface area contributed by atoms with Gasteiger partial charge in [-0.3, -0.25) is 0 Å². The molecule has 4 saturated carbocycles. The highest BCUT2D eigenvalue weighted by atomic mass is 14.5. The van der Waals surface area contributed by atoms with Crippen LogP contribution in [-0.2, 0) is 0 Å². The molecule has 0 aromatic carbocycles. The van der Waals surface area contributed by atoms with Gasteiger partial charge in [0.1, 0.15) is 0 Å². The zero-order valence-electron chi connectivity index (χ0n) is 15.8. The van der Waals surface area contributed by atoms with Crippen molar-refractivity contribution in [1.82, 2.24) is 0 Å². The summed E-state index contributed by atoms with van der Waals surface area (Å²) in [4.78, 5) is 0. The summed E-state index contributed by atoms with van der Waals surface area (Å²) in [5.74, 6) is 8.67. The molecule has 0 spiro atoms. The van der Waals surface area contributed by atoms with Gasteiger partial charge in [0.15, 0.2) is 0 Å². The van der Waals surface area contributed by atoms with E-state index in [1.807, 2.05) is 0 Å². The molecule has 0 aliphatic heterocycles. The van der Waals surface area contributed by atoms with Crippen molar-refractivity contribution in [2.24, 2.45) is 47.3 Å². The lowest BCUT2D eigenvalue weighted by Crippen LogP contribution is -2.41. The molecule has 4 rings (SSSR count). The number of hydrogen-bond acceptors (Lipinski definition) is 0. The first-order valence-electron chi connectivity index (χ1n) is 11.2. The molecule has 0 bridgehead atoms. The van der Waals surface area contributed by atoms with Gasteiger partial charge >= 0.3 is 0 Å². The Morgan fingerprint density at radius 2 is 0.957 bits per heavy atom. The molecule has 8 atom stereocenters. The van der Waals surface area contributed by atoms with Crippen molar-refractivity contribution in [2.45, 2.75) is 97.3 Å². The van der Waals surface area contributed by atoms with Gasteiger partial charge in [-0.15, -0.1) is 0 Å². The van der Waals surface area contributed by atoms with Crippen LogP contribution >= 0.6 is 0 Å². The van der Waals surface area contributed by atoms with E-state index in [1.165, 1.54) is 25.7 Å². The van der Waals surface area contributed by atoms with Gasteiger partial charge < -0.3 is 0 Å². The van der Waals surface area contributed by atoms with Crippen molar-refractivity contribution in [3.8, 4) is 0 Å². The van der Waals surface area contributed by atoms with Crippen molar-refractivity contribution in [3.63, 3.8) is 0 Å². The lowest BCUT2D eigenvalue weighted by molar-refractivity contribution is -0.00501. The first kappa shape index (κ1) is 16.5. The minimum absolute atomic E-state index is 1.02. The summed E-state index contributed by atoms with van der Waals surface area (Å²) in [5, 5.41) is 0. The second kappa shape index (κ2) is 7.09. The molecule has 0 amide bonds. The zero-order valence-corrected chi connectivity index (χ0v) is 15.8. The second-order valence-electron chi connectivity index (χ2n) is 10.1. The molecular formula is C23H40. The van der Waals surface area contributed by atoms with Gasteiger partial charge in [0, 0.05) is 0 Å². The van der Waals surface area contributed by atoms with Crippen LogP contribution < -0.4 is 0 Å². The Morgan fingerprint density at radius 3 is 1.43 bits per heavy atom. The molecule has 0 nitrogen and oxygen atoms in total. The molecule has 0 aromatic rings. The van der Waals surface area contributed by atoms with Crippen LogP contribution in [0.15, 0.2) is 0 Å². The molecule has 0 heterocycles. The molecule has 4 aliphatic carbocycles. The first-order valence-corrected chi connectivity index (χ1v) is 11.2. The predicted molar refractivity (Wildman–Crippen MR) is 99.3 cm³/mol. The summed E-state index contributed by atoms with van der Waals surface area (Å²) >= 11 is 0. The van der Waals surface area contributed by atoms with Crippen molar-refractivity contribution in [2.75, 3.05) is 0 Å². The molecule has 8 unspecified atom stereocenters.